The van der Waals surface area contributed by atoms with Gasteiger partial charge in [0.05, 0.1) is 19.3 Å². The van der Waals surface area contributed by atoms with E-state index in [1.54, 1.807) is 0 Å². The SMILES string of the molecule is CCCC(N)C(=O)Nc1ccccc1CN1CCOCC1. The van der Waals surface area contributed by atoms with Crippen LogP contribution in [0.2, 0.25) is 0 Å². The van der Waals surface area contributed by atoms with Crippen LogP contribution in [0, 0.1) is 0 Å². The number of benzene rings is 1. The van der Waals surface area contributed by atoms with Gasteiger partial charge < -0.3 is 15.8 Å². The number of amides is 1. The summed E-state index contributed by atoms with van der Waals surface area (Å²) < 4.78 is 5.36. The molecular weight excluding hydrogens is 266 g/mol. The van der Waals surface area contributed by atoms with Crippen molar-refractivity contribution in [3.05, 3.63) is 29.8 Å². The maximum absolute atomic E-state index is 12.1. The molecule has 0 saturated carbocycles. The summed E-state index contributed by atoms with van der Waals surface area (Å²) in [4.78, 5) is 14.4. The van der Waals surface area contributed by atoms with E-state index >= 15 is 0 Å². The van der Waals surface area contributed by atoms with Gasteiger partial charge in [-0.3, -0.25) is 9.69 Å². The number of anilines is 1. The molecule has 116 valence electrons. The van der Waals surface area contributed by atoms with Crippen LogP contribution in [0.4, 0.5) is 5.69 Å². The van der Waals surface area contributed by atoms with Crippen molar-refractivity contribution in [2.75, 3.05) is 31.6 Å². The molecule has 1 unspecified atom stereocenters. The maximum Gasteiger partial charge on any atom is 0.241 e. The first kappa shape index (κ1) is 15.9. The number of para-hydroxylation sites is 1. The lowest BCUT2D eigenvalue weighted by atomic mass is 10.1. The second kappa shape index (κ2) is 8.12. The number of carbonyl (C=O) groups excluding carboxylic acids is 1. The average molecular weight is 291 g/mol. The summed E-state index contributed by atoms with van der Waals surface area (Å²) in [5.74, 6) is -0.105. The molecule has 3 N–H and O–H groups in total. The molecule has 1 aliphatic rings. The molecule has 1 aromatic carbocycles. The van der Waals surface area contributed by atoms with E-state index in [1.807, 2.05) is 25.1 Å². The molecule has 0 bridgehead atoms. The number of hydrogen-bond acceptors (Lipinski definition) is 4. The van der Waals surface area contributed by atoms with Gasteiger partial charge in [0.25, 0.3) is 0 Å². The standard InChI is InChI=1S/C16H25N3O2/c1-2-5-14(17)16(20)18-15-7-4-3-6-13(15)12-19-8-10-21-11-9-19/h3-4,6-7,14H,2,5,8-12,17H2,1H3,(H,18,20). The smallest absolute Gasteiger partial charge is 0.241 e. The van der Waals surface area contributed by atoms with Crippen LogP contribution in [0.15, 0.2) is 24.3 Å². The molecule has 1 heterocycles. The van der Waals surface area contributed by atoms with Gasteiger partial charge in [-0.05, 0) is 18.1 Å². The fraction of sp³-hybridized carbons (Fsp3) is 0.562. The van der Waals surface area contributed by atoms with Gasteiger partial charge in [0.1, 0.15) is 0 Å². The number of carbonyl (C=O) groups is 1. The summed E-state index contributed by atoms with van der Waals surface area (Å²) in [6.07, 6.45) is 1.61. The molecule has 0 aliphatic carbocycles. The Morgan fingerprint density at radius 2 is 2.10 bits per heavy atom. The van der Waals surface area contributed by atoms with Crippen molar-refractivity contribution in [2.24, 2.45) is 5.73 Å². The Balaban J connectivity index is 2.00. The fourth-order valence-electron chi connectivity index (χ4n) is 2.45. The van der Waals surface area contributed by atoms with Gasteiger partial charge in [-0.2, -0.15) is 0 Å². The Morgan fingerprint density at radius 3 is 2.81 bits per heavy atom. The van der Waals surface area contributed by atoms with Crippen molar-refractivity contribution in [1.82, 2.24) is 4.90 Å². The zero-order valence-electron chi connectivity index (χ0n) is 12.7. The first-order valence-corrected chi connectivity index (χ1v) is 7.65. The molecule has 5 nitrogen and oxygen atoms in total. The van der Waals surface area contributed by atoms with Crippen molar-refractivity contribution in [3.63, 3.8) is 0 Å². The third-order valence-corrected chi connectivity index (χ3v) is 3.71. The number of nitrogens with two attached hydrogens (primary N) is 1. The summed E-state index contributed by atoms with van der Waals surface area (Å²) in [5.41, 5.74) is 7.85. The lowest BCUT2D eigenvalue weighted by Gasteiger charge is -2.27. The van der Waals surface area contributed by atoms with Crippen LogP contribution < -0.4 is 11.1 Å². The Bertz CT molecular complexity index is 459. The van der Waals surface area contributed by atoms with E-state index < -0.39 is 6.04 Å². The van der Waals surface area contributed by atoms with Crippen LogP contribution in [0.5, 0.6) is 0 Å². The van der Waals surface area contributed by atoms with Gasteiger partial charge in [0, 0.05) is 25.3 Å². The topological polar surface area (TPSA) is 67.6 Å². The zero-order chi connectivity index (χ0) is 15.1. The highest BCUT2D eigenvalue weighted by molar-refractivity contribution is 5.95. The normalized spacial score (nSPS) is 17.4. The lowest BCUT2D eigenvalue weighted by Crippen LogP contribution is -2.37. The van der Waals surface area contributed by atoms with Gasteiger partial charge in [-0.15, -0.1) is 0 Å². The summed E-state index contributed by atoms with van der Waals surface area (Å²) >= 11 is 0. The number of ether oxygens (including phenoxy) is 1. The lowest BCUT2D eigenvalue weighted by molar-refractivity contribution is -0.117. The van der Waals surface area contributed by atoms with Gasteiger partial charge in [0.2, 0.25) is 5.91 Å². The van der Waals surface area contributed by atoms with Crippen molar-refractivity contribution in [1.29, 1.82) is 0 Å². The quantitative estimate of drug-likeness (QED) is 0.835. The van der Waals surface area contributed by atoms with E-state index in [1.165, 1.54) is 0 Å². The first-order valence-electron chi connectivity index (χ1n) is 7.65. The van der Waals surface area contributed by atoms with E-state index in [-0.39, 0.29) is 5.91 Å². The zero-order valence-corrected chi connectivity index (χ0v) is 12.7. The second-order valence-corrected chi connectivity index (χ2v) is 5.43. The minimum absolute atomic E-state index is 0.105. The molecule has 0 spiro atoms. The monoisotopic (exact) mass is 291 g/mol. The largest absolute Gasteiger partial charge is 0.379 e. The Labute approximate surface area is 126 Å². The van der Waals surface area contributed by atoms with E-state index in [0.717, 1.165) is 50.5 Å². The van der Waals surface area contributed by atoms with Crippen LogP contribution in [0.1, 0.15) is 25.3 Å². The molecule has 1 saturated heterocycles. The minimum Gasteiger partial charge on any atom is -0.379 e. The molecule has 1 fully saturated rings. The molecule has 1 amide bonds. The minimum atomic E-state index is -0.438. The van der Waals surface area contributed by atoms with Crippen LogP contribution in [-0.4, -0.2) is 43.2 Å². The first-order chi connectivity index (χ1) is 10.2. The number of nitrogens with one attached hydrogen (secondary N) is 1. The third kappa shape index (κ3) is 4.81. The molecule has 1 aromatic rings. The van der Waals surface area contributed by atoms with Crippen molar-refractivity contribution < 1.29 is 9.53 Å². The molecule has 0 aromatic heterocycles. The van der Waals surface area contributed by atoms with Gasteiger partial charge in [-0.1, -0.05) is 31.5 Å². The van der Waals surface area contributed by atoms with Crippen molar-refractivity contribution in [2.45, 2.75) is 32.4 Å². The van der Waals surface area contributed by atoms with Gasteiger partial charge in [0.15, 0.2) is 0 Å². The maximum atomic E-state index is 12.1. The highest BCUT2D eigenvalue weighted by atomic mass is 16.5. The van der Waals surface area contributed by atoms with Crippen molar-refractivity contribution in [3.8, 4) is 0 Å². The van der Waals surface area contributed by atoms with Crippen LogP contribution in [0.25, 0.3) is 0 Å². The molecule has 0 radical (unpaired) electrons. The van der Waals surface area contributed by atoms with Crippen molar-refractivity contribution >= 4 is 11.6 Å². The highest BCUT2D eigenvalue weighted by Crippen LogP contribution is 2.18. The second-order valence-electron chi connectivity index (χ2n) is 5.43. The highest BCUT2D eigenvalue weighted by Gasteiger charge is 2.16. The van der Waals surface area contributed by atoms with Crippen LogP contribution >= 0.6 is 0 Å². The van der Waals surface area contributed by atoms with E-state index in [2.05, 4.69) is 16.3 Å². The summed E-state index contributed by atoms with van der Waals surface area (Å²) in [6.45, 7) is 6.25. The van der Waals surface area contributed by atoms with Crippen LogP contribution in [0.3, 0.4) is 0 Å². The summed E-state index contributed by atoms with van der Waals surface area (Å²) in [7, 11) is 0. The predicted molar refractivity (Wildman–Crippen MR) is 84.1 cm³/mol. The number of rotatable bonds is 6. The molecular formula is C16H25N3O2. The predicted octanol–water partition coefficient (Wildman–Crippen LogP) is 1.58. The summed E-state index contributed by atoms with van der Waals surface area (Å²) in [5, 5.41) is 2.96. The van der Waals surface area contributed by atoms with E-state index in [4.69, 9.17) is 10.5 Å². The molecule has 1 atom stereocenters. The Hall–Kier alpha value is -1.43. The van der Waals surface area contributed by atoms with E-state index in [0.29, 0.717) is 6.42 Å². The number of hydrogen-bond donors (Lipinski definition) is 2. The Morgan fingerprint density at radius 1 is 1.38 bits per heavy atom. The third-order valence-electron chi connectivity index (χ3n) is 3.71. The van der Waals surface area contributed by atoms with E-state index in [9.17, 15) is 4.79 Å². The van der Waals surface area contributed by atoms with Crippen LogP contribution in [-0.2, 0) is 16.1 Å². The van der Waals surface area contributed by atoms with Gasteiger partial charge >= 0.3 is 0 Å². The molecule has 1 aliphatic heterocycles. The number of morpholine rings is 1. The van der Waals surface area contributed by atoms with Gasteiger partial charge in [-0.25, -0.2) is 0 Å². The number of nitrogens with zero attached hydrogens (tertiary/aromatic N) is 1. The summed E-state index contributed by atoms with van der Waals surface area (Å²) in [6, 6.07) is 7.48. The Kier molecular flexibility index (Phi) is 6.17. The molecule has 21 heavy (non-hydrogen) atoms. The fourth-order valence-corrected chi connectivity index (χ4v) is 2.45. The average Bonchev–Trinajstić information content (AvgIpc) is 2.50. The molecule has 2 rings (SSSR count). The molecule has 5 heteroatoms.